The van der Waals surface area contributed by atoms with Crippen molar-refractivity contribution in [2.24, 2.45) is 5.92 Å². The van der Waals surface area contributed by atoms with E-state index in [9.17, 15) is 0 Å². The number of nitrogens with zero attached hydrogens (tertiary/aromatic N) is 1. The summed E-state index contributed by atoms with van der Waals surface area (Å²) in [5, 5.41) is 8.69. The highest BCUT2D eigenvalue weighted by molar-refractivity contribution is 5.36. The third kappa shape index (κ3) is 3.00. The lowest BCUT2D eigenvalue weighted by Gasteiger charge is -2.26. The number of piperidine rings is 1. The van der Waals surface area contributed by atoms with Gasteiger partial charge in [-0.15, -0.1) is 0 Å². The summed E-state index contributed by atoms with van der Waals surface area (Å²) >= 11 is 0. The number of aliphatic hydroxyl groups excluding tert-OH is 1. The zero-order chi connectivity index (χ0) is 13.1. The van der Waals surface area contributed by atoms with E-state index < -0.39 is 0 Å². The lowest BCUT2D eigenvalue weighted by atomic mass is 10.1. The van der Waals surface area contributed by atoms with Gasteiger partial charge in [0.05, 0.1) is 6.61 Å². The van der Waals surface area contributed by atoms with E-state index in [1.165, 1.54) is 31.4 Å². The van der Waals surface area contributed by atoms with E-state index >= 15 is 0 Å². The second kappa shape index (κ2) is 5.77. The highest BCUT2D eigenvalue weighted by atomic mass is 16.2. The molecule has 1 saturated carbocycles. The molecule has 19 heavy (non-hydrogen) atoms. The van der Waals surface area contributed by atoms with Gasteiger partial charge in [0, 0.05) is 31.1 Å². The Bertz CT molecular complexity index is 482. The van der Waals surface area contributed by atoms with Crippen molar-refractivity contribution < 1.29 is 5.11 Å². The third-order valence-corrected chi connectivity index (χ3v) is 4.33. The minimum atomic E-state index is 0.141. The van der Waals surface area contributed by atoms with Crippen LogP contribution in [0.2, 0.25) is 0 Å². The van der Waals surface area contributed by atoms with Gasteiger partial charge >= 0.3 is 0 Å². The Morgan fingerprint density at radius 2 is 2.05 bits per heavy atom. The molecule has 2 nitrogen and oxygen atoms in total. The van der Waals surface area contributed by atoms with Crippen molar-refractivity contribution in [3.63, 3.8) is 0 Å². The number of hydrogen-bond acceptors (Lipinski definition) is 2. The lowest BCUT2D eigenvalue weighted by Crippen LogP contribution is -2.31. The van der Waals surface area contributed by atoms with E-state index in [0.29, 0.717) is 6.42 Å². The Kier molecular flexibility index (Phi) is 3.87. The molecule has 2 aliphatic rings. The van der Waals surface area contributed by atoms with Crippen LogP contribution in [0.4, 0.5) is 0 Å². The first kappa shape index (κ1) is 12.7. The van der Waals surface area contributed by atoms with Gasteiger partial charge in [-0.2, -0.15) is 0 Å². The summed E-state index contributed by atoms with van der Waals surface area (Å²) in [5.74, 6) is 6.99. The van der Waals surface area contributed by atoms with Crippen molar-refractivity contribution in [1.29, 1.82) is 0 Å². The minimum Gasteiger partial charge on any atom is -0.395 e. The van der Waals surface area contributed by atoms with Gasteiger partial charge in [0.1, 0.15) is 0 Å². The summed E-state index contributed by atoms with van der Waals surface area (Å²) in [6.07, 6.45) is 4.82. The molecule has 1 aliphatic heterocycles. The van der Waals surface area contributed by atoms with Crippen LogP contribution in [-0.4, -0.2) is 29.2 Å². The van der Waals surface area contributed by atoms with Gasteiger partial charge in [-0.3, -0.25) is 4.90 Å². The van der Waals surface area contributed by atoms with Gasteiger partial charge in [0.15, 0.2) is 0 Å². The molecule has 0 spiro atoms. The molecule has 1 aromatic carbocycles. The lowest BCUT2D eigenvalue weighted by molar-refractivity contribution is 0.205. The maximum Gasteiger partial charge on any atom is 0.0540 e. The van der Waals surface area contributed by atoms with E-state index in [-0.39, 0.29) is 6.61 Å². The number of fused-ring (bicyclic) bond motifs is 2. The van der Waals surface area contributed by atoms with Crippen LogP contribution in [0.15, 0.2) is 24.3 Å². The fraction of sp³-hybridized carbons (Fsp3) is 0.529. The molecule has 1 saturated heterocycles. The summed E-state index contributed by atoms with van der Waals surface area (Å²) in [5.41, 5.74) is 2.43. The monoisotopic (exact) mass is 255 g/mol. The molecular weight excluding hydrogens is 234 g/mol. The fourth-order valence-corrected chi connectivity index (χ4v) is 3.37. The normalized spacial score (nSPS) is 25.3. The molecule has 0 amide bonds. The van der Waals surface area contributed by atoms with E-state index in [1.54, 1.807) is 0 Å². The third-order valence-electron chi connectivity index (χ3n) is 4.33. The van der Waals surface area contributed by atoms with Gasteiger partial charge < -0.3 is 5.11 Å². The number of rotatable bonds is 3. The largest absolute Gasteiger partial charge is 0.395 e. The van der Waals surface area contributed by atoms with E-state index in [2.05, 4.69) is 41.0 Å². The van der Waals surface area contributed by atoms with Gasteiger partial charge in [-0.05, 0) is 42.9 Å². The average molecular weight is 255 g/mol. The number of likely N-dealkylation sites (tertiary alicyclic amines) is 1. The molecule has 2 atom stereocenters. The molecule has 1 aromatic rings. The second-order valence-corrected chi connectivity index (χ2v) is 5.73. The van der Waals surface area contributed by atoms with Gasteiger partial charge in [0.25, 0.3) is 0 Å². The Hall–Kier alpha value is -1.30. The van der Waals surface area contributed by atoms with E-state index in [4.69, 9.17) is 5.11 Å². The first-order chi connectivity index (χ1) is 9.35. The van der Waals surface area contributed by atoms with E-state index in [0.717, 1.165) is 24.1 Å². The van der Waals surface area contributed by atoms with Gasteiger partial charge in [-0.25, -0.2) is 0 Å². The summed E-state index contributed by atoms with van der Waals surface area (Å²) in [6, 6.07) is 9.40. The summed E-state index contributed by atoms with van der Waals surface area (Å²) < 4.78 is 0. The predicted octanol–water partition coefficient (Wildman–Crippen LogP) is 2.40. The van der Waals surface area contributed by atoms with Crippen LogP contribution in [0.1, 0.15) is 36.8 Å². The number of benzene rings is 1. The van der Waals surface area contributed by atoms with Crippen LogP contribution in [0.25, 0.3) is 0 Å². The molecule has 1 N–H and O–H groups in total. The molecule has 2 bridgehead atoms. The molecule has 100 valence electrons. The molecule has 1 heterocycles. The summed E-state index contributed by atoms with van der Waals surface area (Å²) in [4.78, 5) is 2.64. The van der Waals surface area contributed by atoms with Crippen molar-refractivity contribution >= 4 is 0 Å². The van der Waals surface area contributed by atoms with Crippen LogP contribution >= 0.6 is 0 Å². The Morgan fingerprint density at radius 1 is 1.21 bits per heavy atom. The number of hydrogen-bond donors (Lipinski definition) is 1. The van der Waals surface area contributed by atoms with Crippen LogP contribution < -0.4 is 0 Å². The summed E-state index contributed by atoms with van der Waals surface area (Å²) in [7, 11) is 0. The van der Waals surface area contributed by atoms with Crippen LogP contribution in [0.5, 0.6) is 0 Å². The SMILES string of the molecule is OCCC#Cc1ccc(CN2CC3CCC2C3)cc1. The van der Waals surface area contributed by atoms with Crippen molar-refractivity contribution in [2.45, 2.75) is 38.3 Å². The Labute approximate surface area is 115 Å². The maximum atomic E-state index is 8.69. The zero-order valence-corrected chi connectivity index (χ0v) is 11.3. The Morgan fingerprint density at radius 3 is 2.68 bits per heavy atom. The quantitative estimate of drug-likeness (QED) is 0.838. The molecule has 0 aromatic heterocycles. The topological polar surface area (TPSA) is 23.5 Å². The fourth-order valence-electron chi connectivity index (χ4n) is 3.37. The zero-order valence-electron chi connectivity index (χ0n) is 11.3. The minimum absolute atomic E-state index is 0.141. The van der Waals surface area contributed by atoms with Crippen molar-refractivity contribution in [3.05, 3.63) is 35.4 Å². The van der Waals surface area contributed by atoms with Gasteiger partial charge in [-0.1, -0.05) is 24.0 Å². The second-order valence-electron chi connectivity index (χ2n) is 5.73. The van der Waals surface area contributed by atoms with Crippen molar-refractivity contribution in [3.8, 4) is 11.8 Å². The highest BCUT2D eigenvalue weighted by Gasteiger charge is 2.37. The molecule has 2 unspecified atom stereocenters. The molecule has 2 fully saturated rings. The predicted molar refractivity (Wildman–Crippen MR) is 76.6 cm³/mol. The standard InChI is InChI=1S/C17H21NO/c19-10-2-1-3-14-4-6-15(7-5-14)12-18-13-16-8-9-17(18)11-16/h4-7,16-17,19H,2,8-13H2. The summed E-state index contributed by atoms with van der Waals surface area (Å²) in [6.45, 7) is 2.52. The molecule has 2 heteroatoms. The van der Waals surface area contributed by atoms with Gasteiger partial charge in [0.2, 0.25) is 0 Å². The van der Waals surface area contributed by atoms with Crippen molar-refractivity contribution in [2.75, 3.05) is 13.2 Å². The molecular formula is C17H21NO. The number of aliphatic hydroxyl groups is 1. The maximum absolute atomic E-state index is 8.69. The molecule has 0 radical (unpaired) electrons. The highest BCUT2D eigenvalue weighted by Crippen LogP contribution is 2.37. The average Bonchev–Trinajstić information content (AvgIpc) is 3.03. The van der Waals surface area contributed by atoms with E-state index in [1.807, 2.05) is 0 Å². The first-order valence-corrected chi connectivity index (χ1v) is 7.28. The first-order valence-electron chi connectivity index (χ1n) is 7.28. The smallest absolute Gasteiger partial charge is 0.0540 e. The van der Waals surface area contributed by atoms with Crippen LogP contribution in [0, 0.1) is 17.8 Å². The molecule has 1 aliphatic carbocycles. The Balaban J connectivity index is 1.59. The van der Waals surface area contributed by atoms with Crippen molar-refractivity contribution in [1.82, 2.24) is 4.90 Å². The van der Waals surface area contributed by atoms with Crippen LogP contribution in [0.3, 0.4) is 0 Å². The molecule has 3 rings (SSSR count). The van der Waals surface area contributed by atoms with Crippen LogP contribution in [-0.2, 0) is 6.54 Å².